The molecule has 3 unspecified atom stereocenters. The first kappa shape index (κ1) is 13.9. The fraction of sp³-hybridized carbons (Fsp3) is 0.875. The van der Waals surface area contributed by atoms with E-state index < -0.39 is 5.60 Å². The van der Waals surface area contributed by atoms with Crippen molar-refractivity contribution in [1.29, 1.82) is 0 Å². The summed E-state index contributed by atoms with van der Waals surface area (Å²) in [5, 5.41) is 2.94. The lowest BCUT2D eigenvalue weighted by atomic mass is 9.49. The smallest absolute Gasteiger partial charge is 0.407 e. The highest BCUT2D eigenvalue weighted by Gasteiger charge is 2.54. The minimum absolute atomic E-state index is 0.154. The van der Waals surface area contributed by atoms with Crippen LogP contribution in [0.25, 0.3) is 0 Å². The Morgan fingerprint density at radius 1 is 1.25 bits per heavy atom. The molecular weight excluding hydrogens is 254 g/mol. The molecule has 4 rings (SSSR count). The number of rotatable bonds is 2. The van der Waals surface area contributed by atoms with Crippen molar-refractivity contribution in [3.05, 3.63) is 0 Å². The minimum Gasteiger partial charge on any atom is -0.444 e. The summed E-state index contributed by atoms with van der Waals surface area (Å²) in [4.78, 5) is 23.9. The Bertz CT molecular complexity index is 419. The number of ether oxygens (including phenoxy) is 1. The lowest BCUT2D eigenvalue weighted by Gasteiger charge is -2.55. The molecule has 4 saturated carbocycles. The van der Waals surface area contributed by atoms with Crippen LogP contribution in [-0.2, 0) is 9.53 Å². The molecule has 4 heteroatoms. The number of carbonyl (C=O) groups is 2. The van der Waals surface area contributed by atoms with E-state index in [4.69, 9.17) is 4.74 Å². The van der Waals surface area contributed by atoms with E-state index in [1.165, 1.54) is 6.42 Å². The average molecular weight is 279 g/mol. The van der Waals surface area contributed by atoms with E-state index in [1.54, 1.807) is 0 Å². The second kappa shape index (κ2) is 4.47. The molecule has 0 aliphatic heterocycles. The maximum atomic E-state index is 12.1. The summed E-state index contributed by atoms with van der Waals surface area (Å²) in [6.07, 6.45) is 4.94. The van der Waals surface area contributed by atoms with Crippen molar-refractivity contribution in [2.75, 3.05) is 6.54 Å². The highest BCUT2D eigenvalue weighted by Crippen LogP contribution is 2.58. The van der Waals surface area contributed by atoms with Crippen LogP contribution in [0.4, 0.5) is 4.79 Å². The molecule has 0 saturated heterocycles. The van der Waals surface area contributed by atoms with Crippen molar-refractivity contribution in [2.24, 2.45) is 23.2 Å². The highest BCUT2D eigenvalue weighted by atomic mass is 16.6. The predicted molar refractivity (Wildman–Crippen MR) is 75.2 cm³/mol. The molecule has 4 nitrogen and oxygen atoms in total. The van der Waals surface area contributed by atoms with E-state index in [2.05, 4.69) is 5.32 Å². The summed E-state index contributed by atoms with van der Waals surface area (Å²) in [5.74, 6) is 1.72. The largest absolute Gasteiger partial charge is 0.444 e. The van der Waals surface area contributed by atoms with Crippen molar-refractivity contribution in [3.63, 3.8) is 0 Å². The van der Waals surface area contributed by atoms with Crippen molar-refractivity contribution < 1.29 is 14.3 Å². The number of Topliss-reactive ketones (excluding diaryl/α,β-unsaturated/α-hetero) is 1. The van der Waals surface area contributed by atoms with Gasteiger partial charge in [-0.1, -0.05) is 0 Å². The van der Waals surface area contributed by atoms with Gasteiger partial charge in [0.05, 0.1) is 0 Å². The molecule has 4 fully saturated rings. The second-order valence-corrected chi connectivity index (χ2v) is 8.10. The molecule has 0 aromatic heterocycles. The Morgan fingerprint density at radius 3 is 2.40 bits per heavy atom. The quantitative estimate of drug-likeness (QED) is 0.845. The van der Waals surface area contributed by atoms with Crippen LogP contribution in [0.1, 0.15) is 52.9 Å². The summed E-state index contributed by atoms with van der Waals surface area (Å²) >= 11 is 0. The molecule has 0 aromatic carbocycles. The van der Waals surface area contributed by atoms with Crippen LogP contribution >= 0.6 is 0 Å². The Balaban J connectivity index is 1.61. The van der Waals surface area contributed by atoms with Crippen LogP contribution in [0.15, 0.2) is 0 Å². The highest BCUT2D eigenvalue weighted by molar-refractivity contribution is 5.85. The number of ketones is 1. The summed E-state index contributed by atoms with van der Waals surface area (Å²) in [7, 11) is 0. The zero-order valence-corrected chi connectivity index (χ0v) is 12.7. The molecule has 4 bridgehead atoms. The Kier molecular flexibility index (Phi) is 3.11. The van der Waals surface area contributed by atoms with Gasteiger partial charge in [-0.05, 0) is 64.2 Å². The number of hydrogen-bond acceptors (Lipinski definition) is 3. The van der Waals surface area contributed by atoms with E-state index in [9.17, 15) is 9.59 Å². The Morgan fingerprint density at radius 2 is 1.85 bits per heavy atom. The van der Waals surface area contributed by atoms with E-state index in [-0.39, 0.29) is 23.3 Å². The summed E-state index contributed by atoms with van der Waals surface area (Å²) in [6.45, 7) is 6.28. The van der Waals surface area contributed by atoms with Crippen molar-refractivity contribution in [1.82, 2.24) is 5.32 Å². The fourth-order valence-electron chi connectivity index (χ4n) is 4.70. The van der Waals surface area contributed by atoms with E-state index >= 15 is 0 Å². The molecule has 4 aliphatic carbocycles. The molecule has 112 valence electrons. The van der Waals surface area contributed by atoms with Crippen molar-refractivity contribution in [3.8, 4) is 0 Å². The average Bonchev–Trinajstić information content (AvgIpc) is 2.30. The number of nitrogens with one attached hydrogen (secondary N) is 1. The van der Waals surface area contributed by atoms with Gasteiger partial charge in [-0.3, -0.25) is 4.79 Å². The molecule has 0 aromatic rings. The summed E-state index contributed by atoms with van der Waals surface area (Å²) < 4.78 is 5.31. The minimum atomic E-state index is -0.457. The number of hydrogen-bond donors (Lipinski definition) is 1. The molecule has 0 radical (unpaired) electrons. The third-order valence-electron chi connectivity index (χ3n) is 5.13. The monoisotopic (exact) mass is 279 g/mol. The number of amides is 1. The molecule has 1 amide bonds. The molecular formula is C16H25NO3. The molecule has 0 heterocycles. The summed E-state index contributed by atoms with van der Waals surface area (Å²) in [6, 6.07) is 0. The molecule has 4 atom stereocenters. The van der Waals surface area contributed by atoms with Crippen LogP contribution < -0.4 is 5.32 Å². The third kappa shape index (κ3) is 2.57. The van der Waals surface area contributed by atoms with Gasteiger partial charge in [0.25, 0.3) is 0 Å². The zero-order chi connectivity index (χ0) is 14.5. The maximum Gasteiger partial charge on any atom is 0.407 e. The van der Waals surface area contributed by atoms with Crippen LogP contribution in [0.5, 0.6) is 0 Å². The van der Waals surface area contributed by atoms with E-state index in [0.717, 1.165) is 25.7 Å². The van der Waals surface area contributed by atoms with Crippen LogP contribution in [0.2, 0.25) is 0 Å². The predicted octanol–water partition coefficient (Wildman–Crippen LogP) is 2.91. The SMILES string of the molecule is CC(C)(C)OC(=O)NCC12CC3CC(C1)C(=O)[C@H](C3)C2. The van der Waals surface area contributed by atoms with Gasteiger partial charge in [0.15, 0.2) is 0 Å². The van der Waals surface area contributed by atoms with E-state index in [0.29, 0.717) is 18.2 Å². The Labute approximate surface area is 120 Å². The first-order valence-corrected chi connectivity index (χ1v) is 7.77. The van der Waals surface area contributed by atoms with E-state index in [1.807, 2.05) is 20.8 Å². The molecule has 1 N–H and O–H groups in total. The van der Waals surface area contributed by atoms with Crippen LogP contribution in [-0.4, -0.2) is 24.0 Å². The second-order valence-electron chi connectivity index (χ2n) is 8.10. The van der Waals surface area contributed by atoms with Gasteiger partial charge < -0.3 is 10.1 Å². The van der Waals surface area contributed by atoms with Gasteiger partial charge in [-0.15, -0.1) is 0 Å². The van der Waals surface area contributed by atoms with Gasteiger partial charge in [0.2, 0.25) is 0 Å². The van der Waals surface area contributed by atoms with Gasteiger partial charge >= 0.3 is 6.09 Å². The zero-order valence-electron chi connectivity index (χ0n) is 12.7. The van der Waals surface area contributed by atoms with Crippen molar-refractivity contribution in [2.45, 2.75) is 58.5 Å². The summed E-state index contributed by atoms with van der Waals surface area (Å²) in [5.41, 5.74) is -0.303. The standard InChI is InChI=1S/C16H25NO3/c1-15(2,3)20-14(19)17-9-16-6-10-4-11(7-16)13(18)12(5-10)8-16/h10-12H,4-9H2,1-3H3,(H,17,19)/t10?,11-,12?,16?/m1/s1. The van der Waals surface area contributed by atoms with Gasteiger partial charge in [0.1, 0.15) is 11.4 Å². The lowest BCUT2D eigenvalue weighted by Crippen LogP contribution is -2.55. The third-order valence-corrected chi connectivity index (χ3v) is 5.13. The first-order valence-electron chi connectivity index (χ1n) is 7.77. The number of alkyl carbamates (subject to hydrolysis) is 1. The number of carbonyl (C=O) groups excluding carboxylic acids is 2. The fourth-order valence-corrected chi connectivity index (χ4v) is 4.70. The van der Waals surface area contributed by atoms with Crippen LogP contribution in [0, 0.1) is 23.2 Å². The van der Waals surface area contributed by atoms with Gasteiger partial charge in [0, 0.05) is 18.4 Å². The topological polar surface area (TPSA) is 55.4 Å². The normalized spacial score (nSPS) is 39.0. The Hall–Kier alpha value is -1.06. The van der Waals surface area contributed by atoms with Gasteiger partial charge in [-0.2, -0.15) is 0 Å². The molecule has 0 spiro atoms. The van der Waals surface area contributed by atoms with Gasteiger partial charge in [-0.25, -0.2) is 4.79 Å². The lowest BCUT2D eigenvalue weighted by molar-refractivity contribution is -0.147. The molecule has 20 heavy (non-hydrogen) atoms. The molecule has 4 aliphatic rings. The first-order chi connectivity index (χ1) is 9.26. The maximum absolute atomic E-state index is 12.1. The van der Waals surface area contributed by atoms with Crippen LogP contribution in [0.3, 0.4) is 0 Å². The van der Waals surface area contributed by atoms with Crippen molar-refractivity contribution >= 4 is 11.9 Å².